The van der Waals surface area contributed by atoms with Crippen LogP contribution in [0.5, 0.6) is 0 Å². The predicted octanol–water partition coefficient (Wildman–Crippen LogP) is 2.16. The molecule has 0 aromatic carbocycles. The lowest BCUT2D eigenvalue weighted by Gasteiger charge is -2.32. The lowest BCUT2D eigenvalue weighted by Crippen LogP contribution is -2.37. The summed E-state index contributed by atoms with van der Waals surface area (Å²) in [6.45, 7) is 6.15. The van der Waals surface area contributed by atoms with E-state index in [0.29, 0.717) is 5.92 Å². The largest absolute Gasteiger partial charge is 0.343 e. The Morgan fingerprint density at radius 1 is 1.19 bits per heavy atom. The van der Waals surface area contributed by atoms with Crippen molar-refractivity contribution in [1.82, 2.24) is 24.8 Å². The third-order valence-electron chi connectivity index (χ3n) is 5.49. The molecule has 4 rings (SSSR count). The van der Waals surface area contributed by atoms with Crippen molar-refractivity contribution in [2.75, 3.05) is 19.6 Å². The zero-order chi connectivity index (χ0) is 17.9. The molecule has 0 unspecified atom stereocenters. The summed E-state index contributed by atoms with van der Waals surface area (Å²) in [5, 5.41) is 0. The minimum Gasteiger partial charge on any atom is -0.343 e. The molecular weight excluding hydrogens is 326 g/mol. The normalized spacial score (nSPS) is 18.6. The first-order valence-corrected chi connectivity index (χ1v) is 9.40. The highest BCUT2D eigenvalue weighted by Crippen LogP contribution is 2.27. The number of pyridine rings is 1. The topological polar surface area (TPSA) is 62.2 Å². The van der Waals surface area contributed by atoms with Gasteiger partial charge in [0.05, 0.1) is 0 Å². The van der Waals surface area contributed by atoms with Crippen LogP contribution in [0.3, 0.4) is 0 Å². The van der Waals surface area contributed by atoms with Crippen LogP contribution in [0.4, 0.5) is 0 Å². The Morgan fingerprint density at radius 2 is 1.96 bits per heavy atom. The molecule has 0 saturated carbocycles. The zero-order valence-electron chi connectivity index (χ0n) is 15.3. The summed E-state index contributed by atoms with van der Waals surface area (Å²) < 4.78 is 0. The molecule has 1 saturated heterocycles. The van der Waals surface area contributed by atoms with Crippen LogP contribution in [0.15, 0.2) is 30.7 Å². The molecule has 2 aromatic rings. The lowest BCUT2D eigenvalue weighted by atomic mass is 9.95. The van der Waals surface area contributed by atoms with Crippen molar-refractivity contribution in [3.63, 3.8) is 0 Å². The van der Waals surface area contributed by atoms with Crippen LogP contribution in [0.25, 0.3) is 0 Å². The standard InChI is InChI=1S/C20H25N5O/c1-15(26)25-10-4-17(5-11-25)20-22-12-18-14-24(9-6-19(18)23-20)13-16-2-7-21-8-3-16/h2-3,7-8,12,17H,4-6,9-11,13-14H2,1H3. The molecule has 0 spiro atoms. The van der Waals surface area contributed by atoms with E-state index in [1.54, 1.807) is 6.92 Å². The Bertz CT molecular complexity index is 771. The minimum absolute atomic E-state index is 0.170. The third kappa shape index (κ3) is 3.75. The van der Waals surface area contributed by atoms with E-state index in [0.717, 1.165) is 57.8 Å². The van der Waals surface area contributed by atoms with Gasteiger partial charge in [0.2, 0.25) is 5.91 Å². The van der Waals surface area contributed by atoms with Crippen LogP contribution in [0.2, 0.25) is 0 Å². The maximum atomic E-state index is 11.5. The van der Waals surface area contributed by atoms with Crippen molar-refractivity contribution in [2.24, 2.45) is 0 Å². The molecule has 6 heteroatoms. The van der Waals surface area contributed by atoms with Gasteiger partial charge >= 0.3 is 0 Å². The molecule has 136 valence electrons. The summed E-state index contributed by atoms with van der Waals surface area (Å²) in [4.78, 5) is 29.5. The first-order valence-electron chi connectivity index (χ1n) is 9.40. The molecular formula is C20H25N5O. The van der Waals surface area contributed by atoms with E-state index in [1.807, 2.05) is 23.5 Å². The molecule has 4 heterocycles. The molecule has 1 amide bonds. The number of aromatic nitrogens is 3. The number of hydrogen-bond donors (Lipinski definition) is 0. The monoisotopic (exact) mass is 351 g/mol. The number of fused-ring (bicyclic) bond motifs is 1. The molecule has 2 aliphatic heterocycles. The van der Waals surface area contributed by atoms with Crippen LogP contribution in [0, 0.1) is 0 Å². The number of piperidine rings is 1. The molecule has 26 heavy (non-hydrogen) atoms. The van der Waals surface area contributed by atoms with Gasteiger partial charge in [0, 0.05) is 81.8 Å². The quantitative estimate of drug-likeness (QED) is 0.848. The molecule has 2 aromatic heterocycles. The van der Waals surface area contributed by atoms with Crippen molar-refractivity contribution in [1.29, 1.82) is 0 Å². The van der Waals surface area contributed by atoms with E-state index in [2.05, 4.69) is 27.0 Å². The number of nitrogens with zero attached hydrogens (tertiary/aromatic N) is 5. The molecule has 0 bridgehead atoms. The molecule has 0 radical (unpaired) electrons. The molecule has 0 atom stereocenters. The zero-order valence-corrected chi connectivity index (χ0v) is 15.3. The average molecular weight is 351 g/mol. The van der Waals surface area contributed by atoms with Gasteiger partial charge in [-0.1, -0.05) is 0 Å². The SMILES string of the molecule is CC(=O)N1CCC(c2ncc3c(n2)CCN(Cc2ccncc2)C3)CC1. The first kappa shape index (κ1) is 17.1. The average Bonchev–Trinajstić information content (AvgIpc) is 2.68. The Hall–Kier alpha value is -2.34. The van der Waals surface area contributed by atoms with Gasteiger partial charge in [-0.2, -0.15) is 0 Å². The van der Waals surface area contributed by atoms with Gasteiger partial charge in [0.1, 0.15) is 5.82 Å². The second kappa shape index (κ2) is 7.50. The number of amides is 1. The summed E-state index contributed by atoms with van der Waals surface area (Å²) in [5.74, 6) is 1.52. The highest BCUT2D eigenvalue weighted by atomic mass is 16.2. The van der Waals surface area contributed by atoms with Crippen LogP contribution in [0.1, 0.15) is 48.3 Å². The van der Waals surface area contributed by atoms with Crippen LogP contribution in [-0.4, -0.2) is 50.3 Å². The Morgan fingerprint density at radius 3 is 2.69 bits per heavy atom. The van der Waals surface area contributed by atoms with Gasteiger partial charge in [-0.05, 0) is 30.5 Å². The van der Waals surface area contributed by atoms with E-state index in [-0.39, 0.29) is 5.91 Å². The van der Waals surface area contributed by atoms with Gasteiger partial charge in [0.15, 0.2) is 0 Å². The van der Waals surface area contributed by atoms with E-state index in [9.17, 15) is 4.79 Å². The number of rotatable bonds is 3. The summed E-state index contributed by atoms with van der Waals surface area (Å²) in [6, 6.07) is 4.14. The van der Waals surface area contributed by atoms with E-state index in [4.69, 9.17) is 4.98 Å². The number of hydrogen-bond acceptors (Lipinski definition) is 5. The van der Waals surface area contributed by atoms with E-state index >= 15 is 0 Å². The fraction of sp³-hybridized carbons (Fsp3) is 0.500. The van der Waals surface area contributed by atoms with Gasteiger partial charge in [-0.25, -0.2) is 9.97 Å². The van der Waals surface area contributed by atoms with E-state index in [1.165, 1.54) is 16.8 Å². The van der Waals surface area contributed by atoms with Crippen LogP contribution >= 0.6 is 0 Å². The third-order valence-corrected chi connectivity index (χ3v) is 5.49. The predicted molar refractivity (Wildman–Crippen MR) is 98.3 cm³/mol. The Kier molecular flexibility index (Phi) is 4.93. The number of carbonyl (C=O) groups excluding carboxylic acids is 1. The van der Waals surface area contributed by atoms with Gasteiger partial charge in [-0.15, -0.1) is 0 Å². The summed E-state index contributed by atoms with van der Waals surface area (Å²) in [7, 11) is 0. The van der Waals surface area contributed by atoms with E-state index < -0.39 is 0 Å². The van der Waals surface area contributed by atoms with Crippen molar-refractivity contribution < 1.29 is 4.79 Å². The molecule has 0 N–H and O–H groups in total. The van der Waals surface area contributed by atoms with Gasteiger partial charge in [-0.3, -0.25) is 14.7 Å². The maximum absolute atomic E-state index is 11.5. The molecule has 6 nitrogen and oxygen atoms in total. The van der Waals surface area contributed by atoms with Crippen LogP contribution < -0.4 is 0 Å². The maximum Gasteiger partial charge on any atom is 0.219 e. The summed E-state index contributed by atoms with van der Waals surface area (Å²) in [5.41, 5.74) is 3.74. The smallest absolute Gasteiger partial charge is 0.219 e. The first-order chi connectivity index (χ1) is 12.7. The minimum atomic E-state index is 0.170. The summed E-state index contributed by atoms with van der Waals surface area (Å²) in [6.07, 6.45) is 8.62. The number of carbonyl (C=O) groups is 1. The van der Waals surface area contributed by atoms with Crippen LogP contribution in [-0.2, 0) is 24.3 Å². The van der Waals surface area contributed by atoms with Crippen molar-refractivity contribution >= 4 is 5.91 Å². The van der Waals surface area contributed by atoms with Crippen molar-refractivity contribution in [3.8, 4) is 0 Å². The van der Waals surface area contributed by atoms with Crippen molar-refractivity contribution in [3.05, 3.63) is 53.4 Å². The Balaban J connectivity index is 1.40. The highest BCUT2D eigenvalue weighted by molar-refractivity contribution is 5.73. The lowest BCUT2D eigenvalue weighted by molar-refractivity contribution is -0.129. The van der Waals surface area contributed by atoms with Crippen molar-refractivity contribution in [2.45, 2.75) is 45.2 Å². The molecule has 1 fully saturated rings. The van der Waals surface area contributed by atoms with Gasteiger partial charge < -0.3 is 4.90 Å². The summed E-state index contributed by atoms with van der Waals surface area (Å²) >= 11 is 0. The Labute approximate surface area is 154 Å². The second-order valence-corrected chi connectivity index (χ2v) is 7.30. The highest BCUT2D eigenvalue weighted by Gasteiger charge is 2.25. The molecule has 0 aliphatic carbocycles. The molecule has 2 aliphatic rings. The second-order valence-electron chi connectivity index (χ2n) is 7.30. The van der Waals surface area contributed by atoms with Gasteiger partial charge in [0.25, 0.3) is 0 Å². The fourth-order valence-corrected chi connectivity index (χ4v) is 3.92. The number of likely N-dealkylation sites (tertiary alicyclic amines) is 1. The fourth-order valence-electron chi connectivity index (χ4n) is 3.92.